The van der Waals surface area contributed by atoms with Crippen molar-refractivity contribution in [3.05, 3.63) is 18.2 Å². The zero-order valence-electron chi connectivity index (χ0n) is 11.5. The van der Waals surface area contributed by atoms with Crippen molar-refractivity contribution in [1.29, 1.82) is 0 Å². The normalized spacial score (nSPS) is 16.4. The van der Waals surface area contributed by atoms with Gasteiger partial charge in [-0.2, -0.15) is 0 Å². The second-order valence-corrected chi connectivity index (χ2v) is 6.66. The van der Waals surface area contributed by atoms with Gasteiger partial charge in [-0.3, -0.25) is 0 Å². The van der Waals surface area contributed by atoms with Gasteiger partial charge in [-0.25, -0.2) is 13.6 Å². The maximum Gasteiger partial charge on any atom is 0.240 e. The second-order valence-electron chi connectivity index (χ2n) is 5.13. The molecule has 20 heavy (non-hydrogen) atoms. The van der Waals surface area contributed by atoms with Crippen molar-refractivity contribution in [3.63, 3.8) is 0 Å². The van der Waals surface area contributed by atoms with Crippen molar-refractivity contribution in [3.8, 4) is 0 Å². The number of nitrogens with two attached hydrogens (primary N) is 2. The highest BCUT2D eigenvalue weighted by atomic mass is 32.2. The van der Waals surface area contributed by atoms with E-state index in [9.17, 15) is 8.42 Å². The third-order valence-corrected chi connectivity index (χ3v) is 4.48. The largest absolute Gasteiger partial charge is 0.398 e. The molecular formula is C13H22N4O2S. The summed E-state index contributed by atoms with van der Waals surface area (Å²) in [6.07, 6.45) is 3.66. The Morgan fingerprint density at radius 2 is 1.95 bits per heavy atom. The van der Waals surface area contributed by atoms with Gasteiger partial charge in [0.25, 0.3) is 0 Å². The minimum Gasteiger partial charge on any atom is -0.398 e. The zero-order chi connectivity index (χ0) is 14.6. The summed E-state index contributed by atoms with van der Waals surface area (Å²) in [6, 6.07) is 4.73. The lowest BCUT2D eigenvalue weighted by Gasteiger charge is -2.15. The van der Waals surface area contributed by atoms with E-state index in [1.165, 1.54) is 32.0 Å². The molecule has 0 atom stereocenters. The molecule has 1 aromatic rings. The number of nitrogens with one attached hydrogen (secondary N) is 1. The predicted octanol–water partition coefficient (Wildman–Crippen LogP) is 0.814. The van der Waals surface area contributed by atoms with Crippen LogP contribution in [0.2, 0.25) is 0 Å². The van der Waals surface area contributed by atoms with E-state index in [4.69, 9.17) is 10.9 Å². The number of likely N-dealkylation sites (tertiary alicyclic amines) is 1. The van der Waals surface area contributed by atoms with Gasteiger partial charge in [-0.15, -0.1) is 0 Å². The summed E-state index contributed by atoms with van der Waals surface area (Å²) in [5, 5.41) is 8.31. The molecule has 5 N–H and O–H groups in total. The Kier molecular flexibility index (Phi) is 4.85. The SMILES string of the molecule is Nc1cc(NCCCN2CCCC2)ccc1S(N)(=O)=O. The molecule has 0 spiro atoms. The number of anilines is 2. The molecule has 0 amide bonds. The number of rotatable bonds is 6. The van der Waals surface area contributed by atoms with Crippen LogP contribution in [0.25, 0.3) is 0 Å². The first kappa shape index (κ1) is 15.1. The molecule has 2 rings (SSSR count). The Balaban J connectivity index is 1.83. The van der Waals surface area contributed by atoms with E-state index in [1.807, 2.05) is 0 Å². The average Bonchev–Trinajstić information content (AvgIpc) is 2.86. The number of nitrogens with zero attached hydrogens (tertiary/aromatic N) is 1. The third-order valence-electron chi connectivity index (χ3n) is 3.50. The van der Waals surface area contributed by atoms with Crippen LogP contribution < -0.4 is 16.2 Å². The van der Waals surface area contributed by atoms with E-state index in [-0.39, 0.29) is 10.6 Å². The quantitative estimate of drug-likeness (QED) is 0.533. The standard InChI is InChI=1S/C13H22N4O2S/c14-12-10-11(4-5-13(12)20(15,18)19)16-6-3-9-17-7-1-2-8-17/h4-5,10,16H,1-3,6-9,14H2,(H2,15,18,19). The molecule has 6 nitrogen and oxygen atoms in total. The highest BCUT2D eigenvalue weighted by molar-refractivity contribution is 7.89. The highest BCUT2D eigenvalue weighted by Crippen LogP contribution is 2.21. The fourth-order valence-corrected chi connectivity index (χ4v) is 3.10. The van der Waals surface area contributed by atoms with Gasteiger partial charge in [0.1, 0.15) is 4.90 Å². The van der Waals surface area contributed by atoms with Crippen LogP contribution in [0.3, 0.4) is 0 Å². The molecule has 0 saturated carbocycles. The van der Waals surface area contributed by atoms with Gasteiger partial charge in [0.15, 0.2) is 0 Å². The predicted molar refractivity (Wildman–Crippen MR) is 81.0 cm³/mol. The summed E-state index contributed by atoms with van der Waals surface area (Å²) in [6.45, 7) is 4.34. The first-order chi connectivity index (χ1) is 9.47. The van der Waals surface area contributed by atoms with Crippen molar-refractivity contribution < 1.29 is 8.42 Å². The topological polar surface area (TPSA) is 101 Å². The van der Waals surface area contributed by atoms with Crippen LogP contribution in [-0.2, 0) is 10.0 Å². The molecular weight excluding hydrogens is 276 g/mol. The van der Waals surface area contributed by atoms with Gasteiger partial charge in [-0.1, -0.05) is 0 Å². The lowest BCUT2D eigenvalue weighted by atomic mass is 10.2. The Bertz CT molecular complexity index is 553. The van der Waals surface area contributed by atoms with Crippen molar-refractivity contribution >= 4 is 21.4 Å². The zero-order valence-corrected chi connectivity index (χ0v) is 12.3. The number of hydrogen-bond donors (Lipinski definition) is 3. The number of benzene rings is 1. The highest BCUT2D eigenvalue weighted by Gasteiger charge is 2.12. The molecule has 0 radical (unpaired) electrons. The van der Waals surface area contributed by atoms with Gasteiger partial charge in [0.2, 0.25) is 10.0 Å². The summed E-state index contributed by atoms with van der Waals surface area (Å²) in [5.74, 6) is 0. The molecule has 1 aliphatic heterocycles. The summed E-state index contributed by atoms with van der Waals surface area (Å²) in [5.41, 5.74) is 6.70. The molecule has 0 aliphatic carbocycles. The van der Waals surface area contributed by atoms with Crippen molar-refractivity contribution in [2.24, 2.45) is 5.14 Å². The van der Waals surface area contributed by atoms with Crippen LogP contribution in [0.1, 0.15) is 19.3 Å². The third kappa shape index (κ3) is 4.09. The fraction of sp³-hybridized carbons (Fsp3) is 0.538. The fourth-order valence-electron chi connectivity index (χ4n) is 2.46. The van der Waals surface area contributed by atoms with E-state index in [1.54, 1.807) is 12.1 Å². The maximum atomic E-state index is 11.2. The molecule has 1 heterocycles. The minimum absolute atomic E-state index is 0.0277. The van der Waals surface area contributed by atoms with Crippen molar-refractivity contribution in [2.45, 2.75) is 24.2 Å². The summed E-state index contributed by atoms with van der Waals surface area (Å²) >= 11 is 0. The monoisotopic (exact) mass is 298 g/mol. The molecule has 1 fully saturated rings. The van der Waals surface area contributed by atoms with E-state index < -0.39 is 10.0 Å². The van der Waals surface area contributed by atoms with Crippen LogP contribution in [-0.4, -0.2) is 39.5 Å². The lowest BCUT2D eigenvalue weighted by molar-refractivity contribution is 0.337. The van der Waals surface area contributed by atoms with Gasteiger partial charge < -0.3 is 16.0 Å². The second kappa shape index (κ2) is 6.43. The van der Waals surface area contributed by atoms with Gasteiger partial charge in [-0.05, 0) is 57.1 Å². The average molecular weight is 298 g/mol. The summed E-state index contributed by atoms with van der Waals surface area (Å²) in [7, 11) is -3.75. The smallest absolute Gasteiger partial charge is 0.240 e. The van der Waals surface area contributed by atoms with E-state index >= 15 is 0 Å². The summed E-state index contributed by atoms with van der Waals surface area (Å²) in [4.78, 5) is 2.43. The Morgan fingerprint density at radius 3 is 2.55 bits per heavy atom. The lowest BCUT2D eigenvalue weighted by Crippen LogP contribution is -2.22. The maximum absolute atomic E-state index is 11.2. The van der Waals surface area contributed by atoms with Crippen LogP contribution >= 0.6 is 0 Å². The van der Waals surface area contributed by atoms with Crippen LogP contribution in [0.5, 0.6) is 0 Å². The first-order valence-electron chi connectivity index (χ1n) is 6.85. The number of hydrogen-bond acceptors (Lipinski definition) is 5. The molecule has 1 aliphatic rings. The summed E-state index contributed by atoms with van der Waals surface area (Å²) < 4.78 is 22.5. The number of sulfonamides is 1. The Hall–Kier alpha value is -1.31. The van der Waals surface area contributed by atoms with E-state index in [0.717, 1.165) is 25.2 Å². The number of primary sulfonamides is 1. The molecule has 0 aromatic heterocycles. The number of nitrogen functional groups attached to an aromatic ring is 1. The van der Waals surface area contributed by atoms with Crippen molar-refractivity contribution in [2.75, 3.05) is 37.2 Å². The Labute approximate surface area is 120 Å². The Morgan fingerprint density at radius 1 is 1.25 bits per heavy atom. The molecule has 1 saturated heterocycles. The molecule has 1 aromatic carbocycles. The van der Waals surface area contributed by atoms with Crippen molar-refractivity contribution in [1.82, 2.24) is 4.90 Å². The van der Waals surface area contributed by atoms with Crippen LogP contribution in [0.15, 0.2) is 23.1 Å². The molecule has 7 heteroatoms. The van der Waals surface area contributed by atoms with E-state index in [0.29, 0.717) is 0 Å². The molecule has 0 bridgehead atoms. The van der Waals surface area contributed by atoms with Gasteiger partial charge in [0, 0.05) is 12.2 Å². The van der Waals surface area contributed by atoms with Gasteiger partial charge >= 0.3 is 0 Å². The minimum atomic E-state index is -3.75. The molecule has 0 unspecified atom stereocenters. The van der Waals surface area contributed by atoms with Gasteiger partial charge in [0.05, 0.1) is 5.69 Å². The van der Waals surface area contributed by atoms with Crippen LogP contribution in [0, 0.1) is 0 Å². The van der Waals surface area contributed by atoms with Crippen LogP contribution in [0.4, 0.5) is 11.4 Å². The first-order valence-corrected chi connectivity index (χ1v) is 8.40. The molecule has 112 valence electrons. The van der Waals surface area contributed by atoms with E-state index in [2.05, 4.69) is 10.2 Å².